The number of amidine groups is 1. The van der Waals surface area contributed by atoms with Crippen molar-refractivity contribution in [2.24, 2.45) is 0 Å². The number of aliphatic carboxylic acids is 1. The molecule has 2 N–H and O–H groups in total. The van der Waals surface area contributed by atoms with Gasteiger partial charge < -0.3 is 24.4 Å². The quantitative estimate of drug-likeness (QED) is 0.421. The van der Waals surface area contributed by atoms with E-state index in [1.807, 2.05) is 37.8 Å². The van der Waals surface area contributed by atoms with Gasteiger partial charge in [-0.3, -0.25) is 10.2 Å². The van der Waals surface area contributed by atoms with Crippen LogP contribution in [0.4, 0.5) is 5.69 Å². The van der Waals surface area contributed by atoms with E-state index in [1.54, 1.807) is 0 Å². The molecule has 0 radical (unpaired) electrons. The van der Waals surface area contributed by atoms with Gasteiger partial charge >= 0.3 is 5.97 Å². The van der Waals surface area contributed by atoms with Crippen molar-refractivity contribution in [2.75, 3.05) is 44.4 Å². The van der Waals surface area contributed by atoms with E-state index in [0.717, 1.165) is 22.3 Å². The molecule has 4 rings (SSSR count). The first-order valence-electron chi connectivity index (χ1n) is 13.1. The predicted molar refractivity (Wildman–Crippen MR) is 158 cm³/mol. The highest BCUT2D eigenvalue weighted by Gasteiger charge is 2.31. The van der Waals surface area contributed by atoms with E-state index in [9.17, 15) is 14.7 Å². The molecule has 2 aromatic rings. The minimum atomic E-state index is -1.06. The number of carbonyl (C=O) groups is 2. The number of fused-ring (bicyclic) bond motifs is 1. The fourth-order valence-electron chi connectivity index (χ4n) is 4.91. The lowest BCUT2D eigenvalue weighted by molar-refractivity contribution is -0.139. The van der Waals surface area contributed by atoms with Crippen LogP contribution in [0.15, 0.2) is 30.3 Å². The highest BCUT2D eigenvalue weighted by Crippen LogP contribution is 2.41. The number of nitrogens with zero attached hydrogens (tertiary/aromatic N) is 2. The SMILES string of the molecule is Br.CC(C)(C)c1ccc2c(c1)C(=N)N(CC(=O)c1cc(N3CCOCC3)c(OCC(=O)O)c(C(C)(C)C)c1)C2. The number of rotatable bonds is 7. The topological polar surface area (TPSA) is 103 Å². The fourth-order valence-corrected chi connectivity index (χ4v) is 4.91. The molecule has 0 spiro atoms. The number of carbonyl (C=O) groups excluding carboxylic acids is 1. The van der Waals surface area contributed by atoms with Crippen LogP contribution in [0.5, 0.6) is 5.75 Å². The van der Waals surface area contributed by atoms with Crippen LogP contribution >= 0.6 is 17.0 Å². The number of halogens is 1. The minimum absolute atomic E-state index is 0. The molecule has 8 nitrogen and oxygen atoms in total. The zero-order valence-corrected chi connectivity index (χ0v) is 25.4. The Morgan fingerprint density at radius 2 is 1.69 bits per heavy atom. The number of Topliss-reactive ketones (excluding diaryl/α,β-unsaturated/α-hetero) is 1. The van der Waals surface area contributed by atoms with Crippen LogP contribution in [0.1, 0.15) is 74.2 Å². The number of anilines is 1. The van der Waals surface area contributed by atoms with Gasteiger partial charge in [0.1, 0.15) is 11.6 Å². The molecule has 0 bridgehead atoms. The van der Waals surface area contributed by atoms with Crippen molar-refractivity contribution in [2.45, 2.75) is 58.9 Å². The zero-order valence-electron chi connectivity index (χ0n) is 23.7. The minimum Gasteiger partial charge on any atom is -0.479 e. The maximum Gasteiger partial charge on any atom is 0.341 e. The van der Waals surface area contributed by atoms with Crippen molar-refractivity contribution in [1.29, 1.82) is 5.41 Å². The van der Waals surface area contributed by atoms with E-state index in [2.05, 4.69) is 43.9 Å². The van der Waals surface area contributed by atoms with Crippen molar-refractivity contribution in [3.63, 3.8) is 0 Å². The smallest absolute Gasteiger partial charge is 0.341 e. The number of hydrogen-bond acceptors (Lipinski definition) is 6. The van der Waals surface area contributed by atoms with Crippen LogP contribution in [0.3, 0.4) is 0 Å². The molecule has 1 saturated heterocycles. The number of morpholine rings is 1. The van der Waals surface area contributed by atoms with Gasteiger partial charge in [0, 0.05) is 36.3 Å². The molecule has 0 amide bonds. The monoisotopic (exact) mass is 601 g/mol. The zero-order chi connectivity index (χ0) is 27.8. The van der Waals surface area contributed by atoms with Gasteiger partial charge in [0.05, 0.1) is 25.4 Å². The van der Waals surface area contributed by atoms with Gasteiger partial charge in [0.2, 0.25) is 0 Å². The Bertz CT molecular complexity index is 1260. The summed E-state index contributed by atoms with van der Waals surface area (Å²) in [5.74, 6) is -0.289. The third-order valence-corrected chi connectivity index (χ3v) is 7.13. The Morgan fingerprint density at radius 1 is 1.03 bits per heavy atom. The largest absolute Gasteiger partial charge is 0.479 e. The van der Waals surface area contributed by atoms with Gasteiger partial charge in [-0.15, -0.1) is 17.0 Å². The number of carboxylic acids is 1. The van der Waals surface area contributed by atoms with Gasteiger partial charge in [-0.05, 0) is 40.2 Å². The maximum atomic E-state index is 13.7. The second-order valence-corrected chi connectivity index (χ2v) is 12.2. The number of ketones is 1. The molecule has 9 heteroatoms. The molecule has 212 valence electrons. The summed E-state index contributed by atoms with van der Waals surface area (Å²) in [6, 6.07) is 9.89. The van der Waals surface area contributed by atoms with Gasteiger partial charge in [-0.25, -0.2) is 4.79 Å². The molecule has 0 unspecified atom stereocenters. The molecule has 0 aliphatic carbocycles. The van der Waals surface area contributed by atoms with Crippen LogP contribution in [-0.4, -0.2) is 67.0 Å². The standard InChI is InChI=1S/C30H39N3O5.BrH/c1-29(2,3)21-8-7-19-16-33(28(31)22(19)15-21)17-25(34)20-13-23(30(4,5)6)27(38-18-26(35)36)24(14-20)32-9-11-37-12-10-32;/h7-8,13-15,31H,9-12,16-18H2,1-6H3,(H,35,36);1H. The van der Waals surface area contributed by atoms with Crippen molar-refractivity contribution in [3.05, 3.63) is 58.1 Å². The van der Waals surface area contributed by atoms with Crippen LogP contribution in [-0.2, 0) is 26.9 Å². The second-order valence-electron chi connectivity index (χ2n) is 12.2. The Balaban J connectivity index is 0.00000420. The predicted octanol–water partition coefficient (Wildman–Crippen LogP) is 5.18. The van der Waals surface area contributed by atoms with Gasteiger partial charge in [-0.1, -0.05) is 53.7 Å². The molecule has 2 aromatic carbocycles. The van der Waals surface area contributed by atoms with E-state index >= 15 is 0 Å². The van der Waals surface area contributed by atoms with Crippen molar-refractivity contribution in [3.8, 4) is 5.75 Å². The molecule has 1 fully saturated rings. The van der Waals surface area contributed by atoms with E-state index in [1.165, 1.54) is 0 Å². The fraction of sp³-hybridized carbons (Fsp3) is 0.500. The molecular formula is C30H40BrN3O5. The average molecular weight is 603 g/mol. The van der Waals surface area contributed by atoms with E-state index in [-0.39, 0.29) is 34.7 Å². The van der Waals surface area contributed by atoms with Crippen molar-refractivity contribution in [1.82, 2.24) is 4.90 Å². The second kappa shape index (κ2) is 11.7. The maximum absolute atomic E-state index is 13.7. The van der Waals surface area contributed by atoms with Crippen LogP contribution < -0.4 is 9.64 Å². The molecule has 0 aromatic heterocycles. The molecular weight excluding hydrogens is 562 g/mol. The Hall–Kier alpha value is -2.91. The summed E-state index contributed by atoms with van der Waals surface area (Å²) >= 11 is 0. The summed E-state index contributed by atoms with van der Waals surface area (Å²) in [5.41, 5.74) is 4.69. The first-order chi connectivity index (χ1) is 17.8. The first-order valence-corrected chi connectivity index (χ1v) is 13.1. The summed E-state index contributed by atoms with van der Waals surface area (Å²) in [7, 11) is 0. The highest BCUT2D eigenvalue weighted by molar-refractivity contribution is 8.93. The Kier molecular flexibility index (Phi) is 9.17. The normalized spacial score (nSPS) is 15.6. The Morgan fingerprint density at radius 3 is 2.28 bits per heavy atom. The number of nitrogens with one attached hydrogen (secondary N) is 1. The summed E-state index contributed by atoms with van der Waals surface area (Å²) in [5, 5.41) is 18.1. The lowest BCUT2D eigenvalue weighted by atomic mass is 9.84. The van der Waals surface area contributed by atoms with E-state index in [4.69, 9.17) is 14.9 Å². The summed E-state index contributed by atoms with van der Waals surface area (Å²) in [6.45, 7) is 15.0. The summed E-state index contributed by atoms with van der Waals surface area (Å²) < 4.78 is 11.4. The lowest BCUT2D eigenvalue weighted by Crippen LogP contribution is -2.37. The molecule has 2 aliphatic rings. The summed E-state index contributed by atoms with van der Waals surface area (Å²) in [6.07, 6.45) is 0. The molecule has 2 aliphatic heterocycles. The summed E-state index contributed by atoms with van der Waals surface area (Å²) in [4.78, 5) is 29.0. The van der Waals surface area contributed by atoms with Crippen LogP contribution in [0.2, 0.25) is 0 Å². The van der Waals surface area contributed by atoms with E-state index in [0.29, 0.717) is 55.7 Å². The van der Waals surface area contributed by atoms with Crippen molar-refractivity contribution < 1.29 is 24.2 Å². The number of ether oxygens (including phenoxy) is 2. The van der Waals surface area contributed by atoms with Gasteiger partial charge in [0.25, 0.3) is 0 Å². The van der Waals surface area contributed by atoms with E-state index < -0.39 is 18.0 Å². The third-order valence-electron chi connectivity index (χ3n) is 7.13. The lowest BCUT2D eigenvalue weighted by Gasteiger charge is -2.33. The molecule has 0 saturated carbocycles. The third kappa shape index (κ3) is 6.81. The van der Waals surface area contributed by atoms with Crippen LogP contribution in [0.25, 0.3) is 0 Å². The van der Waals surface area contributed by atoms with Gasteiger partial charge in [0.15, 0.2) is 12.4 Å². The number of carboxylic acid groups (broad SMARTS) is 1. The Labute approximate surface area is 241 Å². The molecule has 39 heavy (non-hydrogen) atoms. The van der Waals surface area contributed by atoms with Gasteiger partial charge in [-0.2, -0.15) is 0 Å². The first kappa shape index (κ1) is 30.6. The number of benzene rings is 2. The van der Waals surface area contributed by atoms with Crippen LogP contribution in [0, 0.1) is 5.41 Å². The molecule has 0 atom stereocenters. The molecule has 2 heterocycles. The van der Waals surface area contributed by atoms with Crippen molar-refractivity contribution >= 4 is 40.3 Å². The highest BCUT2D eigenvalue weighted by atomic mass is 79.9. The number of hydrogen-bond donors (Lipinski definition) is 2. The average Bonchev–Trinajstić information content (AvgIpc) is 3.16.